The molecular weight excluding hydrogens is 870 g/mol. The molecule has 0 fully saturated rings. The molecule has 4 aliphatic heterocycles. The number of fused-ring (bicyclic) bond motifs is 14. The number of rotatable bonds is 4. The van der Waals surface area contributed by atoms with Gasteiger partial charge in [0.05, 0.1) is 0 Å². The molecule has 0 saturated carbocycles. The average Bonchev–Trinajstić information content (AvgIpc) is 3.45. The molecule has 12 aromatic carbocycles. The first kappa shape index (κ1) is 39.6. The lowest BCUT2D eigenvalue weighted by molar-refractivity contribution is 1.25. The first-order chi connectivity index (χ1) is 35.8. The Kier molecular flexibility index (Phi) is 8.31. The fraction of sp³-hybridized carbons (Fsp3) is 0. The van der Waals surface area contributed by atoms with Crippen molar-refractivity contribution in [1.29, 1.82) is 0 Å². The first-order valence-electron chi connectivity index (χ1n) is 25.1. The summed E-state index contributed by atoms with van der Waals surface area (Å²) < 4.78 is 0. The zero-order valence-electron chi connectivity index (χ0n) is 39.2. The largest absolute Gasteiger partial charge is 0.311 e. The van der Waals surface area contributed by atoms with Crippen LogP contribution in [0.25, 0.3) is 32.3 Å². The summed E-state index contributed by atoms with van der Waals surface area (Å²) in [5, 5.41) is 7.54. The minimum atomic E-state index is -0.0110. The normalized spacial score (nSPS) is 13.7. The second-order valence-corrected chi connectivity index (χ2v) is 19.5. The lowest BCUT2D eigenvalue weighted by Crippen LogP contribution is -2.61. The van der Waals surface area contributed by atoms with E-state index in [-0.39, 0.29) is 13.4 Å². The quantitative estimate of drug-likeness (QED) is 0.129. The minimum absolute atomic E-state index is 0.0110. The van der Waals surface area contributed by atoms with Gasteiger partial charge in [-0.1, -0.05) is 158 Å². The number of hydrogen-bond acceptors (Lipinski definition) is 4. The van der Waals surface area contributed by atoms with Crippen molar-refractivity contribution in [2.24, 2.45) is 0 Å². The smallest absolute Gasteiger partial charge is 0.252 e. The third-order valence-electron chi connectivity index (χ3n) is 15.9. The van der Waals surface area contributed by atoms with E-state index in [1.165, 1.54) is 111 Å². The summed E-state index contributed by atoms with van der Waals surface area (Å²) in [6, 6.07) is 95.0. The molecular formula is C66H42B2N4. The van der Waals surface area contributed by atoms with Crippen molar-refractivity contribution in [2.75, 3.05) is 19.6 Å². The fourth-order valence-electron chi connectivity index (χ4n) is 13.1. The molecule has 0 aromatic heterocycles. The molecule has 0 spiro atoms. The van der Waals surface area contributed by atoms with Crippen molar-refractivity contribution in [3.63, 3.8) is 0 Å². The van der Waals surface area contributed by atoms with E-state index in [2.05, 4.69) is 274 Å². The molecule has 0 bridgehead atoms. The van der Waals surface area contributed by atoms with Crippen LogP contribution in [0, 0.1) is 0 Å². The maximum atomic E-state index is 2.59. The molecule has 0 unspecified atom stereocenters. The second kappa shape index (κ2) is 15.1. The summed E-state index contributed by atoms with van der Waals surface area (Å²) in [5.74, 6) is 0. The van der Waals surface area contributed by atoms with Crippen LogP contribution in [-0.4, -0.2) is 13.4 Å². The van der Waals surface area contributed by atoms with Crippen LogP contribution in [0.5, 0.6) is 0 Å². The molecule has 6 heteroatoms. The summed E-state index contributed by atoms with van der Waals surface area (Å²) >= 11 is 0. The van der Waals surface area contributed by atoms with Gasteiger partial charge < -0.3 is 19.6 Å². The van der Waals surface area contributed by atoms with Gasteiger partial charge in [0.15, 0.2) is 0 Å². The first-order valence-corrected chi connectivity index (χ1v) is 25.1. The number of hydrogen-bond donors (Lipinski definition) is 0. The molecule has 0 atom stereocenters. The molecule has 0 N–H and O–H groups in total. The highest BCUT2D eigenvalue weighted by atomic mass is 15.2. The van der Waals surface area contributed by atoms with E-state index >= 15 is 0 Å². The number of anilines is 12. The van der Waals surface area contributed by atoms with Gasteiger partial charge in [-0.15, -0.1) is 0 Å². The molecule has 0 aliphatic carbocycles. The van der Waals surface area contributed by atoms with Gasteiger partial charge in [-0.3, -0.25) is 0 Å². The molecule has 16 rings (SSSR count). The Morgan fingerprint density at radius 3 is 0.833 bits per heavy atom. The van der Waals surface area contributed by atoms with Crippen molar-refractivity contribution in [3.05, 3.63) is 255 Å². The highest BCUT2D eigenvalue weighted by molar-refractivity contribution is 7.01. The van der Waals surface area contributed by atoms with Crippen molar-refractivity contribution < 1.29 is 0 Å². The molecule has 0 amide bonds. The van der Waals surface area contributed by atoms with Gasteiger partial charge >= 0.3 is 0 Å². The number of para-hydroxylation sites is 6. The van der Waals surface area contributed by atoms with Crippen LogP contribution in [-0.2, 0) is 0 Å². The minimum Gasteiger partial charge on any atom is -0.311 e. The van der Waals surface area contributed by atoms with Crippen LogP contribution in [0.1, 0.15) is 0 Å². The SMILES string of the molecule is c1ccc(N2c3ccccc3B3c4cc5c6cc7c(cc6c6ccccc6c5cc4N(c4ccccc4)c4cccc2c43)N(c2ccccc2)c2cccc3c2B7c2ccccc2N3c2ccccc2)cc1. The molecule has 332 valence electrons. The fourth-order valence-corrected chi connectivity index (χ4v) is 13.1. The van der Waals surface area contributed by atoms with Gasteiger partial charge in [0.1, 0.15) is 0 Å². The predicted molar refractivity (Wildman–Crippen MR) is 307 cm³/mol. The van der Waals surface area contributed by atoms with Crippen LogP contribution >= 0.6 is 0 Å². The van der Waals surface area contributed by atoms with Crippen molar-refractivity contribution in [1.82, 2.24) is 0 Å². The molecule has 0 saturated heterocycles. The zero-order valence-corrected chi connectivity index (χ0v) is 39.2. The van der Waals surface area contributed by atoms with Crippen LogP contribution < -0.4 is 52.4 Å². The van der Waals surface area contributed by atoms with E-state index in [0.717, 1.165) is 22.7 Å². The molecule has 4 nitrogen and oxygen atoms in total. The zero-order chi connectivity index (χ0) is 47.0. The average molecular weight is 913 g/mol. The molecule has 0 radical (unpaired) electrons. The van der Waals surface area contributed by atoms with E-state index in [4.69, 9.17) is 0 Å². The van der Waals surface area contributed by atoms with Crippen LogP contribution in [0.15, 0.2) is 255 Å². The number of benzene rings is 12. The van der Waals surface area contributed by atoms with E-state index in [1.807, 2.05) is 0 Å². The Labute approximate surface area is 419 Å². The van der Waals surface area contributed by atoms with E-state index in [0.29, 0.717) is 0 Å². The Hall–Kier alpha value is -9.25. The lowest BCUT2D eigenvalue weighted by atomic mass is 9.33. The molecule has 4 aliphatic rings. The Balaban J connectivity index is 1.02. The van der Waals surface area contributed by atoms with Crippen molar-refractivity contribution >= 4 is 147 Å². The lowest BCUT2D eigenvalue weighted by Gasteiger charge is -2.44. The Morgan fingerprint density at radius 2 is 0.472 bits per heavy atom. The highest BCUT2D eigenvalue weighted by Crippen LogP contribution is 2.49. The van der Waals surface area contributed by atoms with E-state index in [1.54, 1.807) is 0 Å². The van der Waals surface area contributed by atoms with Crippen LogP contribution in [0.2, 0.25) is 0 Å². The summed E-state index contributed by atoms with van der Waals surface area (Å²) in [4.78, 5) is 10.0. The predicted octanol–water partition coefficient (Wildman–Crippen LogP) is 13.3. The maximum Gasteiger partial charge on any atom is 0.252 e. The van der Waals surface area contributed by atoms with Crippen molar-refractivity contribution in [2.45, 2.75) is 0 Å². The van der Waals surface area contributed by atoms with Gasteiger partial charge in [-0.2, -0.15) is 0 Å². The summed E-state index contributed by atoms with van der Waals surface area (Å²) in [7, 11) is 0. The molecule has 4 heterocycles. The van der Waals surface area contributed by atoms with Gasteiger partial charge in [0.2, 0.25) is 0 Å². The molecule has 12 aromatic rings. The Morgan fingerprint density at radius 1 is 0.194 bits per heavy atom. The van der Waals surface area contributed by atoms with Gasteiger partial charge in [-0.25, -0.2) is 0 Å². The summed E-state index contributed by atoms with van der Waals surface area (Å²) in [6.45, 7) is -0.0221. The Bertz CT molecular complexity index is 3930. The third kappa shape index (κ3) is 5.44. The van der Waals surface area contributed by atoms with E-state index < -0.39 is 0 Å². The van der Waals surface area contributed by atoms with Crippen molar-refractivity contribution in [3.8, 4) is 0 Å². The molecule has 72 heavy (non-hydrogen) atoms. The highest BCUT2D eigenvalue weighted by Gasteiger charge is 2.45. The monoisotopic (exact) mass is 912 g/mol. The maximum absolute atomic E-state index is 2.59. The van der Waals surface area contributed by atoms with Crippen LogP contribution in [0.4, 0.5) is 68.2 Å². The summed E-state index contributed by atoms with van der Waals surface area (Å²) in [5.41, 5.74) is 22.2. The van der Waals surface area contributed by atoms with E-state index in [9.17, 15) is 0 Å². The second-order valence-electron chi connectivity index (χ2n) is 19.5. The van der Waals surface area contributed by atoms with Gasteiger partial charge in [0, 0.05) is 68.2 Å². The van der Waals surface area contributed by atoms with Gasteiger partial charge in [-0.05, 0) is 162 Å². The summed E-state index contributed by atoms with van der Waals surface area (Å²) in [6.07, 6.45) is 0. The third-order valence-corrected chi connectivity index (χ3v) is 15.9. The van der Waals surface area contributed by atoms with Gasteiger partial charge in [0.25, 0.3) is 13.4 Å². The topological polar surface area (TPSA) is 13.0 Å². The number of nitrogens with zero attached hydrogens (tertiary/aromatic N) is 4. The standard InChI is InChI=1S/C66H42B2N4/c1-5-21-43(22-6-1)69-57-33-17-15-31-53(57)67-55-39-49-50-40-56-64(42-52(50)48-30-14-13-29-47(48)51(49)41-63(55)71(45-25-9-3-10-26-45)61-37-19-35-59(69)65(61)67)72(46-27-11-4-12-28-46)62-38-20-36-60-66(62)68(56)54-32-16-18-34-58(54)70(60)44-23-7-2-8-24-44/h1-42H. The van der Waals surface area contributed by atoms with Crippen LogP contribution in [0.3, 0.4) is 0 Å².